The molecule has 0 saturated carbocycles. The summed E-state index contributed by atoms with van der Waals surface area (Å²) in [6.45, 7) is 11.6. The van der Waals surface area contributed by atoms with E-state index in [0.29, 0.717) is 12.5 Å². The number of carbonyl (C=O) groups excluding carboxylic acids is 1. The standard InChI is InChI=1S/C21H32N2O3/c1-20(2)15-22(19(24)16-10-13-26-21(3,4)14-16)11-12-23(20)17-6-8-18(25-5)9-7-17/h6-9,16H,10-15H2,1-5H3. The monoisotopic (exact) mass is 360 g/mol. The highest BCUT2D eigenvalue weighted by Gasteiger charge is 2.40. The molecule has 2 saturated heterocycles. The van der Waals surface area contributed by atoms with Crippen molar-refractivity contribution in [1.29, 1.82) is 0 Å². The lowest BCUT2D eigenvalue weighted by molar-refractivity contribution is -0.146. The van der Waals surface area contributed by atoms with E-state index in [1.54, 1.807) is 7.11 Å². The second-order valence-corrected chi connectivity index (χ2v) is 8.72. The van der Waals surface area contributed by atoms with E-state index in [9.17, 15) is 4.79 Å². The van der Waals surface area contributed by atoms with Gasteiger partial charge in [0.05, 0.1) is 18.2 Å². The second-order valence-electron chi connectivity index (χ2n) is 8.72. The van der Waals surface area contributed by atoms with Crippen molar-refractivity contribution in [2.45, 2.75) is 51.7 Å². The van der Waals surface area contributed by atoms with Crippen LogP contribution in [0.2, 0.25) is 0 Å². The average Bonchev–Trinajstić information content (AvgIpc) is 2.59. The van der Waals surface area contributed by atoms with Gasteiger partial charge in [-0.3, -0.25) is 4.79 Å². The first-order valence-electron chi connectivity index (χ1n) is 9.56. The van der Waals surface area contributed by atoms with Gasteiger partial charge in [0.25, 0.3) is 0 Å². The van der Waals surface area contributed by atoms with Crippen LogP contribution in [-0.4, -0.2) is 55.3 Å². The highest BCUT2D eigenvalue weighted by atomic mass is 16.5. The number of hydrogen-bond acceptors (Lipinski definition) is 4. The summed E-state index contributed by atoms with van der Waals surface area (Å²) in [4.78, 5) is 17.5. The lowest BCUT2D eigenvalue weighted by Crippen LogP contribution is -2.61. The summed E-state index contributed by atoms with van der Waals surface area (Å²) in [7, 11) is 1.68. The quantitative estimate of drug-likeness (QED) is 0.829. The first-order chi connectivity index (χ1) is 12.2. The van der Waals surface area contributed by atoms with Gasteiger partial charge in [-0.25, -0.2) is 0 Å². The minimum Gasteiger partial charge on any atom is -0.497 e. The van der Waals surface area contributed by atoms with Crippen LogP contribution in [0.25, 0.3) is 0 Å². The number of benzene rings is 1. The van der Waals surface area contributed by atoms with Gasteiger partial charge in [-0.2, -0.15) is 0 Å². The zero-order valence-electron chi connectivity index (χ0n) is 16.7. The molecule has 0 radical (unpaired) electrons. The third kappa shape index (κ3) is 3.98. The molecule has 144 valence electrons. The van der Waals surface area contributed by atoms with Crippen molar-refractivity contribution >= 4 is 11.6 Å². The molecule has 5 nitrogen and oxygen atoms in total. The lowest BCUT2D eigenvalue weighted by atomic mass is 9.86. The van der Waals surface area contributed by atoms with E-state index in [1.807, 2.05) is 12.1 Å². The Kier molecular flexibility index (Phi) is 5.20. The summed E-state index contributed by atoms with van der Waals surface area (Å²) in [5, 5.41) is 0. The first kappa shape index (κ1) is 19.0. The SMILES string of the molecule is COc1ccc(N2CCN(C(=O)C3CCOC(C)(C)C3)CC2(C)C)cc1. The normalized spacial score (nSPS) is 25.0. The van der Waals surface area contributed by atoms with E-state index in [1.165, 1.54) is 5.69 Å². The molecule has 26 heavy (non-hydrogen) atoms. The van der Waals surface area contributed by atoms with E-state index >= 15 is 0 Å². The number of hydrogen-bond donors (Lipinski definition) is 0. The molecule has 3 rings (SSSR count). The summed E-state index contributed by atoms with van der Waals surface area (Å²) in [6.07, 6.45) is 1.65. The third-order valence-electron chi connectivity index (χ3n) is 5.64. The Balaban J connectivity index is 1.68. The highest BCUT2D eigenvalue weighted by Crippen LogP contribution is 2.33. The van der Waals surface area contributed by atoms with Crippen molar-refractivity contribution < 1.29 is 14.3 Å². The first-order valence-corrected chi connectivity index (χ1v) is 9.56. The van der Waals surface area contributed by atoms with E-state index in [0.717, 1.165) is 38.2 Å². The molecule has 0 bridgehead atoms. The predicted molar refractivity (Wildman–Crippen MR) is 104 cm³/mol. The maximum atomic E-state index is 13.1. The predicted octanol–water partition coefficient (Wildman–Crippen LogP) is 3.33. The number of methoxy groups -OCH3 is 1. The van der Waals surface area contributed by atoms with Crippen molar-refractivity contribution in [2.24, 2.45) is 5.92 Å². The van der Waals surface area contributed by atoms with Crippen LogP contribution in [-0.2, 0) is 9.53 Å². The van der Waals surface area contributed by atoms with Gasteiger partial charge in [0.2, 0.25) is 5.91 Å². The van der Waals surface area contributed by atoms with Gasteiger partial charge in [0, 0.05) is 37.8 Å². The zero-order chi connectivity index (χ0) is 18.9. The van der Waals surface area contributed by atoms with Gasteiger partial charge in [0.1, 0.15) is 5.75 Å². The maximum absolute atomic E-state index is 13.1. The fourth-order valence-corrected chi connectivity index (χ4v) is 4.28. The second kappa shape index (κ2) is 7.10. The molecule has 1 aromatic carbocycles. The van der Waals surface area contributed by atoms with Gasteiger partial charge in [0.15, 0.2) is 0 Å². The Hall–Kier alpha value is -1.75. The van der Waals surface area contributed by atoms with Crippen LogP contribution in [0.5, 0.6) is 5.75 Å². The number of nitrogens with zero attached hydrogens (tertiary/aromatic N) is 2. The molecule has 1 aromatic rings. The minimum atomic E-state index is -0.195. The number of anilines is 1. The van der Waals surface area contributed by atoms with Crippen LogP contribution >= 0.6 is 0 Å². The molecular formula is C21H32N2O3. The molecule has 2 aliphatic heterocycles. The molecule has 2 heterocycles. The minimum absolute atomic E-state index is 0.0853. The molecule has 0 aliphatic carbocycles. The Morgan fingerprint density at radius 2 is 1.85 bits per heavy atom. The number of amides is 1. The molecule has 1 atom stereocenters. The summed E-state index contributed by atoms with van der Waals surface area (Å²) in [5.41, 5.74) is 0.873. The van der Waals surface area contributed by atoms with Crippen LogP contribution in [0.1, 0.15) is 40.5 Å². The van der Waals surface area contributed by atoms with Crippen molar-refractivity contribution in [3.8, 4) is 5.75 Å². The van der Waals surface area contributed by atoms with E-state index in [-0.39, 0.29) is 17.1 Å². The molecule has 1 unspecified atom stereocenters. The van der Waals surface area contributed by atoms with Crippen LogP contribution in [0.4, 0.5) is 5.69 Å². The third-order valence-corrected chi connectivity index (χ3v) is 5.64. The maximum Gasteiger partial charge on any atom is 0.226 e. The lowest BCUT2D eigenvalue weighted by Gasteiger charge is -2.49. The van der Waals surface area contributed by atoms with Crippen LogP contribution in [0, 0.1) is 5.92 Å². The molecule has 1 amide bonds. The fraction of sp³-hybridized carbons (Fsp3) is 0.667. The number of piperazine rings is 1. The summed E-state index contributed by atoms with van der Waals surface area (Å²) < 4.78 is 11.0. The van der Waals surface area contributed by atoms with Crippen molar-refractivity contribution in [3.63, 3.8) is 0 Å². The number of carbonyl (C=O) groups is 1. The molecule has 2 fully saturated rings. The highest BCUT2D eigenvalue weighted by molar-refractivity contribution is 5.79. The molecule has 2 aliphatic rings. The Bertz CT molecular complexity index is 639. The van der Waals surface area contributed by atoms with Crippen molar-refractivity contribution in [2.75, 3.05) is 38.3 Å². The van der Waals surface area contributed by atoms with Gasteiger partial charge >= 0.3 is 0 Å². The summed E-state index contributed by atoms with van der Waals surface area (Å²) >= 11 is 0. The molecule has 0 spiro atoms. The smallest absolute Gasteiger partial charge is 0.226 e. The average molecular weight is 360 g/mol. The fourth-order valence-electron chi connectivity index (χ4n) is 4.28. The molecule has 5 heteroatoms. The Labute approximate surface area is 157 Å². The Morgan fingerprint density at radius 1 is 1.15 bits per heavy atom. The van der Waals surface area contributed by atoms with Crippen LogP contribution < -0.4 is 9.64 Å². The zero-order valence-corrected chi connectivity index (χ0v) is 16.7. The van der Waals surface area contributed by atoms with Crippen LogP contribution in [0.15, 0.2) is 24.3 Å². The van der Waals surface area contributed by atoms with Crippen LogP contribution in [0.3, 0.4) is 0 Å². The van der Waals surface area contributed by atoms with E-state index < -0.39 is 0 Å². The van der Waals surface area contributed by atoms with Gasteiger partial charge < -0.3 is 19.3 Å². The summed E-state index contributed by atoms with van der Waals surface area (Å²) in [5.74, 6) is 1.24. The molecule has 0 N–H and O–H groups in total. The van der Waals surface area contributed by atoms with E-state index in [4.69, 9.17) is 9.47 Å². The number of ether oxygens (including phenoxy) is 2. The largest absolute Gasteiger partial charge is 0.497 e. The topological polar surface area (TPSA) is 42.0 Å². The molecular weight excluding hydrogens is 328 g/mol. The summed E-state index contributed by atoms with van der Waals surface area (Å²) in [6, 6.07) is 8.18. The number of rotatable bonds is 3. The van der Waals surface area contributed by atoms with Crippen molar-refractivity contribution in [3.05, 3.63) is 24.3 Å². The van der Waals surface area contributed by atoms with E-state index in [2.05, 4.69) is 49.6 Å². The van der Waals surface area contributed by atoms with Crippen molar-refractivity contribution in [1.82, 2.24) is 4.90 Å². The van der Waals surface area contributed by atoms with Gasteiger partial charge in [-0.05, 0) is 64.8 Å². The molecule has 0 aromatic heterocycles. The van der Waals surface area contributed by atoms with Gasteiger partial charge in [-0.1, -0.05) is 0 Å². The van der Waals surface area contributed by atoms with Gasteiger partial charge in [-0.15, -0.1) is 0 Å². The Morgan fingerprint density at radius 3 is 2.42 bits per heavy atom.